The van der Waals surface area contributed by atoms with Crippen molar-refractivity contribution in [2.45, 2.75) is 13.1 Å². The summed E-state index contributed by atoms with van der Waals surface area (Å²) in [5.41, 5.74) is -0.697. The summed E-state index contributed by atoms with van der Waals surface area (Å²) in [6.07, 6.45) is -1.62. The van der Waals surface area contributed by atoms with E-state index >= 15 is 0 Å². The van der Waals surface area contributed by atoms with Crippen molar-refractivity contribution in [2.75, 3.05) is 17.7 Å². The van der Waals surface area contributed by atoms with E-state index in [1.807, 2.05) is 0 Å². The van der Waals surface area contributed by atoms with E-state index in [2.05, 4.69) is 27.7 Å². The molecule has 3 amide bonds. The number of anilines is 2. The van der Waals surface area contributed by atoms with Crippen LogP contribution in [0.15, 0.2) is 71.1 Å². The first-order valence-corrected chi connectivity index (χ1v) is 9.74. The second-order valence-electron chi connectivity index (χ2n) is 6.36. The Balaban J connectivity index is 2.04. The number of rotatable bonds is 7. The van der Waals surface area contributed by atoms with Gasteiger partial charge in [-0.3, -0.25) is 9.79 Å². The molecule has 0 aromatic heterocycles. The minimum Gasteiger partial charge on any atom is -0.458 e. The third-order valence-electron chi connectivity index (χ3n) is 4.07. The van der Waals surface area contributed by atoms with Gasteiger partial charge >= 0.3 is 12.2 Å². The van der Waals surface area contributed by atoms with E-state index in [1.54, 1.807) is 25.1 Å². The first-order valence-electron chi connectivity index (χ1n) is 9.37. The van der Waals surface area contributed by atoms with E-state index in [-0.39, 0.29) is 11.4 Å². The third kappa shape index (κ3) is 7.39. The Bertz CT molecular complexity index is 1100. The number of nitrogens with zero attached hydrogens (tertiary/aromatic N) is 1. The maximum atomic E-state index is 13.0. The molecular weight excluding hydrogens is 461 g/mol. The summed E-state index contributed by atoms with van der Waals surface area (Å²) in [5.74, 6) is 0.308. The minimum atomic E-state index is -4.65. The SMILES string of the molecule is C=NC(=CC(=CC)Oc1ccc(NC(=O)Nc2ccc(Cl)c(C(F)(F)F)c2)cc1)C(=O)NC. The smallest absolute Gasteiger partial charge is 0.417 e. The molecule has 0 atom stereocenters. The summed E-state index contributed by atoms with van der Waals surface area (Å²) >= 11 is 5.57. The van der Waals surface area contributed by atoms with Crippen molar-refractivity contribution < 1.29 is 27.5 Å². The van der Waals surface area contributed by atoms with E-state index in [4.69, 9.17) is 16.3 Å². The van der Waals surface area contributed by atoms with E-state index in [0.29, 0.717) is 17.2 Å². The lowest BCUT2D eigenvalue weighted by Gasteiger charge is -2.13. The van der Waals surface area contributed by atoms with Gasteiger partial charge in [0.05, 0.1) is 10.6 Å². The number of urea groups is 1. The van der Waals surface area contributed by atoms with Crippen LogP contribution in [0.3, 0.4) is 0 Å². The van der Waals surface area contributed by atoms with Gasteiger partial charge in [-0.1, -0.05) is 11.6 Å². The number of likely N-dealkylation sites (N-methyl/N-ethyl adjacent to an activating group) is 1. The molecule has 0 radical (unpaired) electrons. The van der Waals surface area contributed by atoms with Crippen molar-refractivity contribution in [1.29, 1.82) is 0 Å². The number of halogens is 4. The number of carbonyl (C=O) groups excluding carboxylic acids is 2. The number of amides is 3. The molecule has 2 aromatic carbocycles. The van der Waals surface area contributed by atoms with Gasteiger partial charge in [0.15, 0.2) is 0 Å². The molecule has 0 spiro atoms. The third-order valence-corrected chi connectivity index (χ3v) is 4.40. The number of alkyl halides is 3. The molecule has 0 aliphatic rings. The van der Waals surface area contributed by atoms with Crippen LogP contribution in [0.5, 0.6) is 5.75 Å². The zero-order valence-corrected chi connectivity index (χ0v) is 18.3. The lowest BCUT2D eigenvalue weighted by atomic mass is 10.2. The average molecular weight is 481 g/mol. The number of hydrogen-bond donors (Lipinski definition) is 3. The molecule has 0 unspecified atom stereocenters. The molecule has 0 bridgehead atoms. The lowest BCUT2D eigenvalue weighted by molar-refractivity contribution is -0.137. The van der Waals surface area contributed by atoms with Gasteiger partial charge in [-0.15, -0.1) is 0 Å². The molecule has 7 nitrogen and oxygen atoms in total. The van der Waals surface area contributed by atoms with Crippen molar-refractivity contribution in [3.63, 3.8) is 0 Å². The Morgan fingerprint density at radius 1 is 1.09 bits per heavy atom. The largest absolute Gasteiger partial charge is 0.458 e. The maximum Gasteiger partial charge on any atom is 0.417 e. The number of aliphatic imine (C=N–C) groups is 1. The average Bonchev–Trinajstić information content (AvgIpc) is 2.77. The highest BCUT2D eigenvalue weighted by molar-refractivity contribution is 6.31. The van der Waals surface area contributed by atoms with Crippen LogP contribution in [0, 0.1) is 0 Å². The molecule has 0 saturated heterocycles. The molecule has 2 aromatic rings. The molecule has 0 fully saturated rings. The van der Waals surface area contributed by atoms with E-state index < -0.39 is 28.7 Å². The molecule has 0 saturated carbocycles. The highest BCUT2D eigenvalue weighted by Crippen LogP contribution is 2.36. The molecule has 33 heavy (non-hydrogen) atoms. The van der Waals surface area contributed by atoms with Crippen LogP contribution in [-0.4, -0.2) is 25.7 Å². The van der Waals surface area contributed by atoms with Crippen molar-refractivity contribution in [3.05, 3.63) is 76.7 Å². The first kappa shape index (κ1) is 25.5. The lowest BCUT2D eigenvalue weighted by Crippen LogP contribution is -2.20. The van der Waals surface area contributed by atoms with Crippen LogP contribution < -0.4 is 20.7 Å². The van der Waals surface area contributed by atoms with Gasteiger partial charge < -0.3 is 20.7 Å². The number of benzene rings is 2. The normalized spacial score (nSPS) is 12.1. The Morgan fingerprint density at radius 3 is 2.24 bits per heavy atom. The number of nitrogens with one attached hydrogen (secondary N) is 3. The highest BCUT2D eigenvalue weighted by atomic mass is 35.5. The van der Waals surface area contributed by atoms with Crippen molar-refractivity contribution in [3.8, 4) is 5.75 Å². The van der Waals surface area contributed by atoms with Gasteiger partial charge in [0.25, 0.3) is 5.91 Å². The van der Waals surface area contributed by atoms with Crippen molar-refractivity contribution in [2.24, 2.45) is 4.99 Å². The standard InChI is InChI=1S/C22H20ClF3N4O3/c1-4-15(12-19(27-2)20(31)28-3)33-16-8-5-13(6-9-16)29-21(32)30-14-7-10-18(23)17(11-14)22(24,25)26/h4-12H,2H2,1,3H3,(H,28,31)(H2,29,30,32). The number of hydrogen-bond acceptors (Lipinski definition) is 4. The Morgan fingerprint density at radius 2 is 1.70 bits per heavy atom. The van der Waals surface area contributed by atoms with Gasteiger partial charge in [-0.2, -0.15) is 13.2 Å². The number of ether oxygens (including phenoxy) is 1. The highest BCUT2D eigenvalue weighted by Gasteiger charge is 2.33. The van der Waals surface area contributed by atoms with E-state index in [9.17, 15) is 22.8 Å². The van der Waals surface area contributed by atoms with Crippen LogP contribution in [-0.2, 0) is 11.0 Å². The summed E-state index contributed by atoms with van der Waals surface area (Å²) in [4.78, 5) is 27.5. The summed E-state index contributed by atoms with van der Waals surface area (Å²) < 4.78 is 44.5. The predicted molar refractivity (Wildman–Crippen MR) is 122 cm³/mol. The van der Waals surface area contributed by atoms with Gasteiger partial charge in [-0.05, 0) is 62.2 Å². The van der Waals surface area contributed by atoms with Gasteiger partial charge in [0.2, 0.25) is 0 Å². The Hall–Kier alpha value is -3.79. The molecule has 174 valence electrons. The zero-order chi connectivity index (χ0) is 24.6. The topological polar surface area (TPSA) is 91.8 Å². The van der Waals surface area contributed by atoms with Crippen LogP contribution in [0.25, 0.3) is 0 Å². The van der Waals surface area contributed by atoms with Gasteiger partial charge in [0.1, 0.15) is 17.2 Å². The molecule has 0 aliphatic heterocycles. The fourth-order valence-corrected chi connectivity index (χ4v) is 2.70. The molecule has 0 heterocycles. The fraction of sp³-hybridized carbons (Fsp3) is 0.136. The second kappa shape index (κ2) is 11.2. The van der Waals surface area contributed by atoms with Crippen LogP contribution in [0.1, 0.15) is 12.5 Å². The van der Waals surface area contributed by atoms with Crippen molar-refractivity contribution >= 4 is 41.6 Å². The Kier molecular flexibility index (Phi) is 8.63. The maximum absolute atomic E-state index is 13.0. The molecule has 0 aliphatic carbocycles. The number of carbonyl (C=O) groups is 2. The molecule has 11 heteroatoms. The van der Waals surface area contributed by atoms with Gasteiger partial charge in [-0.25, -0.2) is 4.79 Å². The van der Waals surface area contributed by atoms with Gasteiger partial charge in [0, 0.05) is 24.5 Å². The summed E-state index contributed by atoms with van der Waals surface area (Å²) in [6, 6.07) is 8.47. The van der Waals surface area contributed by atoms with Crippen LogP contribution in [0.2, 0.25) is 5.02 Å². The summed E-state index contributed by atoms with van der Waals surface area (Å²) in [7, 11) is 1.46. The second-order valence-corrected chi connectivity index (χ2v) is 6.76. The van der Waals surface area contributed by atoms with E-state index in [0.717, 1.165) is 12.1 Å². The minimum absolute atomic E-state index is 0.0661. The fourth-order valence-electron chi connectivity index (χ4n) is 2.47. The molecule has 2 rings (SSSR count). The molecule has 3 N–H and O–H groups in total. The number of allylic oxidation sites excluding steroid dienone is 2. The summed E-state index contributed by atoms with van der Waals surface area (Å²) in [5, 5.41) is 6.78. The quantitative estimate of drug-likeness (QED) is 0.208. The summed E-state index contributed by atoms with van der Waals surface area (Å²) in [6.45, 7) is 5.05. The monoisotopic (exact) mass is 480 g/mol. The van der Waals surface area contributed by atoms with Crippen LogP contribution >= 0.6 is 11.6 Å². The van der Waals surface area contributed by atoms with Crippen molar-refractivity contribution in [1.82, 2.24) is 5.32 Å². The van der Waals surface area contributed by atoms with Crippen LogP contribution in [0.4, 0.5) is 29.3 Å². The first-order chi connectivity index (χ1) is 15.6. The predicted octanol–water partition coefficient (Wildman–Crippen LogP) is 5.62. The zero-order valence-electron chi connectivity index (χ0n) is 17.6. The Labute approximate surface area is 193 Å². The van der Waals surface area contributed by atoms with E-state index in [1.165, 1.54) is 31.3 Å². The molecular formula is C22H20ClF3N4O3.